The lowest BCUT2D eigenvalue weighted by molar-refractivity contribution is -0.675. The number of aromatic nitrogens is 1. The summed E-state index contributed by atoms with van der Waals surface area (Å²) in [5.41, 5.74) is 0.130. The van der Waals surface area contributed by atoms with Gasteiger partial charge in [-0.05, 0) is 36.5 Å². The molecule has 2 rings (SSSR count). The molecule has 1 heterocycles. The summed E-state index contributed by atoms with van der Waals surface area (Å²) in [7, 11) is 1.57. The van der Waals surface area contributed by atoms with Crippen molar-refractivity contribution in [2.75, 3.05) is 17.4 Å². The molecule has 0 aliphatic rings. The number of ether oxygens (including phenoxy) is 1. The van der Waals surface area contributed by atoms with Crippen LogP contribution in [0.1, 0.15) is 0 Å². The van der Waals surface area contributed by atoms with Crippen molar-refractivity contribution in [2.24, 2.45) is 0 Å². The molecule has 0 aliphatic carbocycles. The minimum Gasteiger partial charge on any atom is -0.497 e. The van der Waals surface area contributed by atoms with Crippen molar-refractivity contribution < 1.29 is 9.41 Å². The van der Waals surface area contributed by atoms with E-state index in [2.05, 4.69) is 5.32 Å². The van der Waals surface area contributed by atoms with Crippen LogP contribution in [0.2, 0.25) is 0 Å². The van der Waals surface area contributed by atoms with E-state index in [1.54, 1.807) is 74.1 Å². The highest BCUT2D eigenvalue weighted by molar-refractivity contribution is 7.80. The van der Waals surface area contributed by atoms with Crippen LogP contribution in [0, 0.1) is 34.0 Å². The number of nitrogens with one attached hydrogen (secondary N) is 1. The number of nitrogens with zero attached hydrogens (tertiary/aromatic N) is 5. The molecule has 126 valence electrons. The average molecular weight is 361 g/mol. The van der Waals surface area contributed by atoms with E-state index in [0.29, 0.717) is 11.4 Å². The molecule has 0 amide bonds. The summed E-state index contributed by atoms with van der Waals surface area (Å²) in [5.74, 6) is 0.685. The van der Waals surface area contributed by atoms with E-state index in [0.717, 1.165) is 0 Å². The molecule has 0 spiro atoms. The molecule has 2 aromatic rings. The molecule has 7 nitrogen and oxygen atoms in total. The highest BCUT2D eigenvalue weighted by Gasteiger charge is 2.27. The number of anilines is 1. The fourth-order valence-electron chi connectivity index (χ4n) is 2.04. The number of hydrogen-bond donors (Lipinski definition) is 1. The Balaban J connectivity index is 2.46. The SMILES string of the molecule is COc1ccc(NC(=S)N(C(C#N)=C(C#N)C#N)[n+]2ccccc2)cc1. The van der Waals surface area contributed by atoms with Crippen molar-refractivity contribution in [3.8, 4) is 24.0 Å². The summed E-state index contributed by atoms with van der Waals surface area (Å²) in [5, 5.41) is 32.2. The number of pyridine rings is 1. The minimum atomic E-state index is -0.345. The molecule has 0 aliphatic heterocycles. The standard InChI is InChI=1S/C18H12N6OS/c1-25-16-7-5-15(6-8-16)22-18(26)24(23-9-3-2-4-10-23)17(13-21)14(11-19)12-20/h2-10H,1H3/p+1. The fraction of sp³-hybridized carbons (Fsp3) is 0.0556. The second-order valence-electron chi connectivity index (χ2n) is 4.78. The lowest BCUT2D eigenvalue weighted by Crippen LogP contribution is -2.61. The summed E-state index contributed by atoms with van der Waals surface area (Å²) in [4.78, 5) is 0. The molecule has 26 heavy (non-hydrogen) atoms. The first-order valence-electron chi connectivity index (χ1n) is 7.31. The number of methoxy groups -OCH3 is 1. The maximum atomic E-state index is 9.50. The summed E-state index contributed by atoms with van der Waals surface area (Å²) in [6.07, 6.45) is 3.29. The summed E-state index contributed by atoms with van der Waals surface area (Å²) in [6, 6.07) is 17.6. The van der Waals surface area contributed by atoms with E-state index in [4.69, 9.17) is 27.5 Å². The Bertz CT molecular complexity index is 932. The molecule has 8 heteroatoms. The highest BCUT2D eigenvalue weighted by Crippen LogP contribution is 2.16. The maximum absolute atomic E-state index is 9.50. The number of benzene rings is 1. The molecule has 0 saturated heterocycles. The Labute approximate surface area is 156 Å². The van der Waals surface area contributed by atoms with Gasteiger partial charge >= 0.3 is 0 Å². The molecular formula is C18H13N6OS+. The van der Waals surface area contributed by atoms with Crippen LogP contribution in [0.4, 0.5) is 5.69 Å². The van der Waals surface area contributed by atoms with Gasteiger partial charge in [-0.25, -0.2) is 0 Å². The number of nitriles is 3. The largest absolute Gasteiger partial charge is 0.497 e. The topological polar surface area (TPSA) is 99.8 Å². The Morgan fingerprint density at radius 1 is 1.04 bits per heavy atom. The van der Waals surface area contributed by atoms with Crippen LogP contribution < -0.4 is 19.7 Å². The van der Waals surface area contributed by atoms with E-state index in [-0.39, 0.29) is 16.4 Å². The van der Waals surface area contributed by atoms with Crippen LogP contribution in [0.15, 0.2) is 66.1 Å². The Morgan fingerprint density at radius 3 is 2.15 bits per heavy atom. The Morgan fingerprint density at radius 2 is 1.65 bits per heavy atom. The monoisotopic (exact) mass is 361 g/mol. The van der Waals surface area contributed by atoms with Crippen molar-refractivity contribution in [3.05, 3.63) is 66.1 Å². The summed E-state index contributed by atoms with van der Waals surface area (Å²) >= 11 is 5.42. The predicted octanol–water partition coefficient (Wildman–Crippen LogP) is 2.14. The van der Waals surface area contributed by atoms with Gasteiger partial charge in [0.05, 0.1) is 7.11 Å². The number of thiocarbonyl (C=S) groups is 1. The maximum Gasteiger partial charge on any atom is 0.239 e. The molecule has 1 aromatic carbocycles. The summed E-state index contributed by atoms with van der Waals surface area (Å²) in [6.45, 7) is 0. The first-order valence-corrected chi connectivity index (χ1v) is 7.71. The van der Waals surface area contributed by atoms with Gasteiger partial charge in [-0.1, -0.05) is 15.8 Å². The highest BCUT2D eigenvalue weighted by atomic mass is 32.1. The first-order chi connectivity index (χ1) is 12.6. The zero-order chi connectivity index (χ0) is 18.9. The molecule has 0 fully saturated rings. The van der Waals surface area contributed by atoms with Gasteiger partial charge in [0.15, 0.2) is 5.57 Å². The third-order valence-corrected chi connectivity index (χ3v) is 3.52. The summed E-state index contributed by atoms with van der Waals surface area (Å²) < 4.78 is 6.62. The van der Waals surface area contributed by atoms with Crippen molar-refractivity contribution in [1.82, 2.24) is 0 Å². The van der Waals surface area contributed by atoms with Gasteiger partial charge < -0.3 is 10.1 Å². The van der Waals surface area contributed by atoms with Gasteiger partial charge in [0.1, 0.15) is 24.0 Å². The van der Waals surface area contributed by atoms with Crippen molar-refractivity contribution in [1.29, 1.82) is 15.8 Å². The second-order valence-corrected chi connectivity index (χ2v) is 5.17. The van der Waals surface area contributed by atoms with Crippen LogP contribution in [-0.2, 0) is 0 Å². The minimum absolute atomic E-state index is 0.117. The third kappa shape index (κ3) is 4.12. The van der Waals surface area contributed by atoms with Gasteiger partial charge in [-0.15, -0.1) is 0 Å². The molecule has 0 atom stereocenters. The van der Waals surface area contributed by atoms with Crippen LogP contribution in [0.3, 0.4) is 0 Å². The van der Waals surface area contributed by atoms with E-state index < -0.39 is 0 Å². The molecule has 0 unspecified atom stereocenters. The third-order valence-electron chi connectivity index (χ3n) is 3.24. The van der Waals surface area contributed by atoms with Crippen molar-refractivity contribution in [2.45, 2.75) is 0 Å². The van der Waals surface area contributed by atoms with Crippen LogP contribution in [0.25, 0.3) is 0 Å². The van der Waals surface area contributed by atoms with Crippen molar-refractivity contribution >= 4 is 23.0 Å². The van der Waals surface area contributed by atoms with Gasteiger partial charge in [-0.3, -0.25) is 0 Å². The van der Waals surface area contributed by atoms with Gasteiger partial charge in [0.2, 0.25) is 23.2 Å². The van der Waals surface area contributed by atoms with Crippen LogP contribution in [-0.4, -0.2) is 12.2 Å². The van der Waals surface area contributed by atoms with Crippen LogP contribution in [0.5, 0.6) is 5.75 Å². The smallest absolute Gasteiger partial charge is 0.239 e. The Kier molecular flexibility index (Phi) is 6.23. The number of rotatable bonds is 4. The van der Waals surface area contributed by atoms with Gasteiger partial charge in [0, 0.05) is 17.8 Å². The van der Waals surface area contributed by atoms with E-state index in [1.807, 2.05) is 6.07 Å². The normalized spacial score (nSPS) is 9.00. The lowest BCUT2D eigenvalue weighted by atomic mass is 10.2. The molecule has 0 radical (unpaired) electrons. The van der Waals surface area contributed by atoms with Crippen LogP contribution >= 0.6 is 12.2 Å². The van der Waals surface area contributed by atoms with E-state index in [1.165, 1.54) is 9.69 Å². The average Bonchev–Trinajstić information content (AvgIpc) is 2.69. The van der Waals surface area contributed by atoms with E-state index >= 15 is 0 Å². The van der Waals surface area contributed by atoms with Gasteiger partial charge in [0.25, 0.3) is 0 Å². The number of allylic oxidation sites excluding steroid dienone is 2. The quantitative estimate of drug-likeness (QED) is 0.506. The molecule has 0 bridgehead atoms. The lowest BCUT2D eigenvalue weighted by Gasteiger charge is -2.18. The molecule has 1 aromatic heterocycles. The second kappa shape index (κ2) is 8.79. The molecule has 0 saturated carbocycles. The molecular weight excluding hydrogens is 348 g/mol. The molecule has 1 N–H and O–H groups in total. The predicted molar refractivity (Wildman–Crippen MR) is 97.9 cm³/mol. The first kappa shape index (κ1) is 18.4. The van der Waals surface area contributed by atoms with E-state index in [9.17, 15) is 5.26 Å². The fourth-order valence-corrected chi connectivity index (χ4v) is 2.34. The Hall–Kier alpha value is -3.93. The zero-order valence-corrected chi connectivity index (χ0v) is 14.6. The van der Waals surface area contributed by atoms with Gasteiger partial charge in [-0.2, -0.15) is 15.8 Å². The van der Waals surface area contributed by atoms with Crippen molar-refractivity contribution in [3.63, 3.8) is 0 Å². The zero-order valence-electron chi connectivity index (χ0n) is 13.7. The number of hydrogen-bond acceptors (Lipinski definition) is 5.